The van der Waals surface area contributed by atoms with Gasteiger partial charge in [0.15, 0.2) is 5.69 Å². The Morgan fingerprint density at radius 2 is 1.86 bits per heavy atom. The van der Waals surface area contributed by atoms with Crippen LogP contribution in [0.5, 0.6) is 17.4 Å². The van der Waals surface area contributed by atoms with Gasteiger partial charge in [0.25, 0.3) is 5.91 Å². The van der Waals surface area contributed by atoms with E-state index in [2.05, 4.69) is 20.5 Å². The third kappa shape index (κ3) is 3.78. The van der Waals surface area contributed by atoms with Crippen molar-refractivity contribution in [1.29, 1.82) is 0 Å². The molecule has 0 aliphatic rings. The van der Waals surface area contributed by atoms with Crippen molar-refractivity contribution in [2.45, 2.75) is 6.54 Å². The molecule has 2 aromatic heterocycles. The maximum absolute atomic E-state index is 12.5. The van der Waals surface area contributed by atoms with Gasteiger partial charge >= 0.3 is 0 Å². The number of benzene rings is 2. The largest absolute Gasteiger partial charge is 0.497 e. The molecular weight excluding hydrogens is 356 g/mol. The number of methoxy groups -OCH3 is 1. The lowest BCUT2D eigenvalue weighted by atomic mass is 10.2. The number of fused-ring (bicyclic) bond motifs is 1. The summed E-state index contributed by atoms with van der Waals surface area (Å²) in [5, 5.41) is 10.6. The van der Waals surface area contributed by atoms with Crippen molar-refractivity contribution in [3.63, 3.8) is 0 Å². The predicted molar refractivity (Wildman–Crippen MR) is 105 cm³/mol. The fraction of sp³-hybridized carbons (Fsp3) is 0.0952. The minimum atomic E-state index is -0.244. The number of aromatic nitrogens is 3. The van der Waals surface area contributed by atoms with Crippen LogP contribution in [0.25, 0.3) is 10.9 Å². The van der Waals surface area contributed by atoms with Crippen molar-refractivity contribution in [2.24, 2.45) is 0 Å². The van der Waals surface area contributed by atoms with E-state index in [0.29, 0.717) is 23.9 Å². The molecule has 0 aliphatic heterocycles. The fourth-order valence-corrected chi connectivity index (χ4v) is 2.78. The van der Waals surface area contributed by atoms with Crippen LogP contribution in [0.4, 0.5) is 0 Å². The van der Waals surface area contributed by atoms with E-state index >= 15 is 0 Å². The quantitative estimate of drug-likeness (QED) is 0.537. The van der Waals surface area contributed by atoms with Crippen LogP contribution >= 0.6 is 0 Å². The van der Waals surface area contributed by atoms with E-state index in [1.807, 2.05) is 42.5 Å². The molecule has 0 aliphatic carbocycles. The van der Waals surface area contributed by atoms with Crippen molar-refractivity contribution in [2.75, 3.05) is 7.11 Å². The zero-order valence-electron chi connectivity index (χ0n) is 15.2. The normalized spacial score (nSPS) is 10.6. The summed E-state index contributed by atoms with van der Waals surface area (Å²) in [6.45, 7) is 0.335. The summed E-state index contributed by atoms with van der Waals surface area (Å²) >= 11 is 0. The summed E-state index contributed by atoms with van der Waals surface area (Å²) in [6.07, 6.45) is 1.64. The van der Waals surface area contributed by atoms with Gasteiger partial charge in [-0.15, -0.1) is 0 Å². The summed E-state index contributed by atoms with van der Waals surface area (Å²) in [7, 11) is 1.61. The van der Waals surface area contributed by atoms with Crippen LogP contribution in [-0.4, -0.2) is 28.2 Å². The van der Waals surface area contributed by atoms with Crippen LogP contribution in [-0.2, 0) is 6.54 Å². The maximum Gasteiger partial charge on any atom is 0.272 e. The molecular formula is C21H18N4O3. The van der Waals surface area contributed by atoms with Gasteiger partial charge in [0.05, 0.1) is 12.6 Å². The first-order chi connectivity index (χ1) is 13.7. The van der Waals surface area contributed by atoms with Crippen LogP contribution in [0.2, 0.25) is 0 Å². The zero-order chi connectivity index (χ0) is 19.3. The smallest absolute Gasteiger partial charge is 0.272 e. The van der Waals surface area contributed by atoms with Gasteiger partial charge in [-0.05, 0) is 42.0 Å². The Labute approximate surface area is 161 Å². The Bertz CT molecular complexity index is 1110. The first-order valence-corrected chi connectivity index (χ1v) is 8.71. The number of H-pyrrole nitrogens is 1. The Morgan fingerprint density at radius 3 is 2.68 bits per heavy atom. The lowest BCUT2D eigenvalue weighted by Crippen LogP contribution is -2.23. The molecule has 0 spiro atoms. The summed E-state index contributed by atoms with van der Waals surface area (Å²) in [4.78, 5) is 16.7. The molecule has 0 radical (unpaired) electrons. The second kappa shape index (κ2) is 7.79. The highest BCUT2D eigenvalue weighted by molar-refractivity contribution is 6.04. The van der Waals surface area contributed by atoms with Crippen molar-refractivity contribution >= 4 is 16.8 Å². The number of para-hydroxylation sites is 1. The van der Waals surface area contributed by atoms with E-state index in [9.17, 15) is 4.79 Å². The number of pyridine rings is 1. The van der Waals surface area contributed by atoms with Gasteiger partial charge in [0, 0.05) is 24.2 Å². The molecule has 0 atom stereocenters. The van der Waals surface area contributed by atoms with Gasteiger partial charge in [0.2, 0.25) is 5.88 Å². The molecule has 4 rings (SSSR count). The predicted octanol–water partition coefficient (Wildman–Crippen LogP) is 3.69. The summed E-state index contributed by atoms with van der Waals surface area (Å²) in [5.74, 6) is 1.61. The summed E-state index contributed by atoms with van der Waals surface area (Å²) < 4.78 is 10.9. The number of ether oxygens (including phenoxy) is 2. The molecule has 140 valence electrons. The summed E-state index contributed by atoms with van der Waals surface area (Å²) in [6, 6.07) is 18.4. The van der Waals surface area contributed by atoms with Gasteiger partial charge in [0.1, 0.15) is 11.5 Å². The van der Waals surface area contributed by atoms with Gasteiger partial charge in [-0.3, -0.25) is 9.89 Å². The van der Waals surface area contributed by atoms with E-state index < -0.39 is 0 Å². The average Bonchev–Trinajstić information content (AvgIpc) is 3.17. The molecule has 0 fully saturated rings. The molecule has 2 N–H and O–H groups in total. The summed E-state index contributed by atoms with van der Waals surface area (Å²) in [5.41, 5.74) is 2.07. The Kier molecular flexibility index (Phi) is 4.88. The third-order valence-electron chi connectivity index (χ3n) is 4.22. The number of hydrogen-bond acceptors (Lipinski definition) is 5. The molecule has 0 saturated heterocycles. The highest BCUT2D eigenvalue weighted by atomic mass is 16.5. The average molecular weight is 374 g/mol. The first-order valence-electron chi connectivity index (χ1n) is 8.71. The Hall–Kier alpha value is -3.87. The molecule has 2 aromatic carbocycles. The fourth-order valence-electron chi connectivity index (χ4n) is 2.78. The molecule has 7 nitrogen and oxygen atoms in total. The van der Waals surface area contributed by atoms with Crippen LogP contribution in [0.1, 0.15) is 16.1 Å². The van der Waals surface area contributed by atoms with Gasteiger partial charge in [-0.2, -0.15) is 5.10 Å². The number of amides is 1. The zero-order valence-corrected chi connectivity index (χ0v) is 15.2. The second-order valence-corrected chi connectivity index (χ2v) is 6.08. The molecule has 2 heterocycles. The highest BCUT2D eigenvalue weighted by Crippen LogP contribution is 2.23. The minimum absolute atomic E-state index is 0.244. The Balaban J connectivity index is 1.42. The highest BCUT2D eigenvalue weighted by Gasteiger charge is 2.13. The van der Waals surface area contributed by atoms with Crippen molar-refractivity contribution in [3.05, 3.63) is 78.1 Å². The number of aromatic amines is 1. The van der Waals surface area contributed by atoms with Crippen molar-refractivity contribution in [3.8, 4) is 17.4 Å². The first kappa shape index (κ1) is 17.5. The SMILES string of the molecule is COc1ccc(Oc2cc(CNC(=O)c3n[nH]c4ccccc34)ccn2)cc1. The molecule has 4 aromatic rings. The minimum Gasteiger partial charge on any atom is -0.497 e. The third-order valence-corrected chi connectivity index (χ3v) is 4.22. The molecule has 0 saturated carbocycles. The van der Waals surface area contributed by atoms with Gasteiger partial charge < -0.3 is 14.8 Å². The number of nitrogens with one attached hydrogen (secondary N) is 2. The number of nitrogens with zero attached hydrogens (tertiary/aromatic N) is 2. The number of carbonyl (C=O) groups is 1. The van der Waals surface area contributed by atoms with E-state index in [1.54, 1.807) is 31.5 Å². The maximum atomic E-state index is 12.5. The van der Waals surface area contributed by atoms with Crippen LogP contribution in [0, 0.1) is 0 Å². The molecule has 0 bridgehead atoms. The topological polar surface area (TPSA) is 89.1 Å². The molecule has 1 amide bonds. The standard InChI is InChI=1S/C21H18N4O3/c1-27-15-6-8-16(9-7-15)28-19-12-14(10-11-22-19)13-23-21(26)20-17-4-2-3-5-18(17)24-25-20/h2-12H,13H2,1H3,(H,23,26)(H,24,25). The van der Waals surface area contributed by atoms with Gasteiger partial charge in [-0.1, -0.05) is 18.2 Å². The Morgan fingerprint density at radius 1 is 1.07 bits per heavy atom. The second-order valence-electron chi connectivity index (χ2n) is 6.08. The van der Waals surface area contributed by atoms with E-state index in [1.165, 1.54) is 0 Å². The number of hydrogen-bond donors (Lipinski definition) is 2. The van der Waals surface area contributed by atoms with Crippen LogP contribution in [0.3, 0.4) is 0 Å². The van der Waals surface area contributed by atoms with Crippen molar-refractivity contribution in [1.82, 2.24) is 20.5 Å². The number of rotatable bonds is 6. The molecule has 28 heavy (non-hydrogen) atoms. The molecule has 0 unspecified atom stereocenters. The van der Waals surface area contributed by atoms with E-state index in [-0.39, 0.29) is 5.91 Å². The lowest BCUT2D eigenvalue weighted by molar-refractivity contribution is 0.0947. The monoisotopic (exact) mass is 374 g/mol. The van der Waals surface area contributed by atoms with Crippen LogP contribution in [0.15, 0.2) is 66.9 Å². The lowest BCUT2D eigenvalue weighted by Gasteiger charge is -2.08. The van der Waals surface area contributed by atoms with Gasteiger partial charge in [-0.25, -0.2) is 4.98 Å². The van der Waals surface area contributed by atoms with Crippen LogP contribution < -0.4 is 14.8 Å². The molecule has 7 heteroatoms. The van der Waals surface area contributed by atoms with E-state index in [0.717, 1.165) is 22.2 Å². The number of carbonyl (C=O) groups excluding carboxylic acids is 1. The van der Waals surface area contributed by atoms with Crippen molar-refractivity contribution < 1.29 is 14.3 Å². The van der Waals surface area contributed by atoms with E-state index in [4.69, 9.17) is 9.47 Å².